The molecule has 0 bridgehead atoms. The number of hydrogen-bond donors (Lipinski definition) is 2. The number of carbonyl (C=O) groups is 1. The zero-order chi connectivity index (χ0) is 8.83. The lowest BCUT2D eigenvalue weighted by atomic mass is 10.6. The van der Waals surface area contributed by atoms with Crippen LogP contribution in [0.3, 0.4) is 0 Å². The Hall–Kier alpha value is -0.410. The van der Waals surface area contributed by atoms with E-state index in [1.165, 1.54) is 0 Å². The predicted molar refractivity (Wildman–Crippen MR) is 43.8 cm³/mol. The van der Waals surface area contributed by atoms with Gasteiger partial charge in [0.25, 0.3) is 0 Å². The molecule has 64 valence electrons. The van der Waals surface area contributed by atoms with Crippen molar-refractivity contribution < 1.29 is 9.90 Å². The maximum Gasteiger partial charge on any atom is 0.119 e. The van der Waals surface area contributed by atoms with Crippen molar-refractivity contribution in [3.63, 3.8) is 0 Å². The summed E-state index contributed by atoms with van der Waals surface area (Å²) in [7, 11) is 1.68. The third-order valence-electron chi connectivity index (χ3n) is 0.325. The molecule has 0 amide bonds. The molecule has 0 atom stereocenters. The van der Waals surface area contributed by atoms with Gasteiger partial charge in [0.2, 0.25) is 0 Å². The van der Waals surface area contributed by atoms with Gasteiger partial charge in [-0.05, 0) is 7.05 Å². The molecule has 2 N–H and O–H groups in total. The van der Waals surface area contributed by atoms with Gasteiger partial charge in [0.1, 0.15) is 6.29 Å². The van der Waals surface area contributed by atoms with E-state index in [9.17, 15) is 4.79 Å². The average molecular weight is 149 g/mol. The number of carbonyl (C=O) groups excluding carboxylic acids is 1. The highest BCUT2D eigenvalue weighted by Gasteiger charge is 1.52. The molecule has 0 aromatic carbocycles. The lowest BCUT2D eigenvalue weighted by Gasteiger charge is -1.76. The van der Waals surface area contributed by atoms with E-state index in [1.807, 2.05) is 20.8 Å². The molecule has 0 radical (unpaired) electrons. The maximum atomic E-state index is 9.17. The van der Waals surface area contributed by atoms with Gasteiger partial charge in [0, 0.05) is 6.42 Å². The van der Waals surface area contributed by atoms with Gasteiger partial charge in [0.15, 0.2) is 0 Å². The molecule has 0 aliphatic rings. The van der Waals surface area contributed by atoms with Crippen LogP contribution in [0.15, 0.2) is 0 Å². The zero-order valence-electron chi connectivity index (χ0n) is 7.35. The van der Waals surface area contributed by atoms with Crippen LogP contribution in [0.25, 0.3) is 0 Å². The van der Waals surface area contributed by atoms with Crippen molar-refractivity contribution in [3.05, 3.63) is 0 Å². The lowest BCUT2D eigenvalue weighted by molar-refractivity contribution is -0.107. The Morgan fingerprint density at radius 2 is 1.70 bits per heavy atom. The Kier molecular flexibility index (Phi) is 62.6. The summed E-state index contributed by atoms with van der Waals surface area (Å²) in [4.78, 5) is 9.17. The smallest absolute Gasteiger partial charge is 0.119 e. The summed E-state index contributed by atoms with van der Waals surface area (Å²) in [6.45, 7) is 5.88. The summed E-state index contributed by atoms with van der Waals surface area (Å²) in [5, 5.41) is 10.2. The fourth-order valence-corrected chi connectivity index (χ4v) is 0. The average Bonchev–Trinajstić information content (AvgIpc) is 2.08. The van der Waals surface area contributed by atoms with E-state index in [0.29, 0.717) is 6.42 Å². The van der Waals surface area contributed by atoms with Crippen LogP contribution in [0.2, 0.25) is 0 Å². The molecule has 0 fully saturated rings. The lowest BCUT2D eigenvalue weighted by Crippen LogP contribution is -2.04. The molecule has 10 heavy (non-hydrogen) atoms. The van der Waals surface area contributed by atoms with Crippen LogP contribution >= 0.6 is 0 Å². The number of hydrogen-bond acceptors (Lipinski definition) is 3. The Labute approximate surface area is 63.4 Å². The van der Waals surface area contributed by atoms with Crippen molar-refractivity contribution in [2.45, 2.75) is 27.2 Å². The highest BCUT2D eigenvalue weighted by Crippen LogP contribution is 1.53. The van der Waals surface area contributed by atoms with Crippen molar-refractivity contribution in [1.29, 1.82) is 0 Å². The number of nitrogens with one attached hydrogen (secondary N) is 1. The van der Waals surface area contributed by atoms with Gasteiger partial charge in [-0.25, -0.2) is 0 Å². The quantitative estimate of drug-likeness (QED) is 0.450. The summed E-state index contributed by atoms with van der Waals surface area (Å²) in [5.74, 6) is 0. The minimum Gasteiger partial charge on any atom is -0.381 e. The Balaban J connectivity index is -0.0000000787. The van der Waals surface area contributed by atoms with Crippen LogP contribution in [0.1, 0.15) is 27.2 Å². The number of aliphatic hydroxyl groups is 1. The largest absolute Gasteiger partial charge is 0.381 e. The van der Waals surface area contributed by atoms with E-state index >= 15 is 0 Å². The monoisotopic (exact) mass is 149 g/mol. The van der Waals surface area contributed by atoms with Crippen LogP contribution in [0.5, 0.6) is 0 Å². The first kappa shape index (κ1) is 16.3. The van der Waals surface area contributed by atoms with Crippen molar-refractivity contribution in [1.82, 2.24) is 5.32 Å². The van der Waals surface area contributed by atoms with Gasteiger partial charge in [0.05, 0.1) is 6.73 Å². The second-order valence-electron chi connectivity index (χ2n) is 1.09. The van der Waals surface area contributed by atoms with Gasteiger partial charge in [-0.15, -0.1) is 0 Å². The first-order valence-electron chi connectivity index (χ1n) is 3.52. The summed E-state index contributed by atoms with van der Waals surface area (Å²) in [5.41, 5.74) is 0. The summed E-state index contributed by atoms with van der Waals surface area (Å²) in [6.07, 6.45) is 1.51. The second-order valence-corrected chi connectivity index (χ2v) is 1.09. The molecular weight excluding hydrogens is 130 g/mol. The molecule has 3 nitrogen and oxygen atoms in total. The molecule has 3 heteroatoms. The molecule has 0 aromatic heterocycles. The Morgan fingerprint density at radius 3 is 1.70 bits per heavy atom. The minimum absolute atomic E-state index is 0.0694. The van der Waals surface area contributed by atoms with E-state index in [0.717, 1.165) is 6.29 Å². The van der Waals surface area contributed by atoms with Crippen LogP contribution in [0.4, 0.5) is 0 Å². The standard InChI is InChI=1S/C3H6O.C2H7NO.C2H6/c1-2-3-4;1-3-2-4;1-2/h3H,2H2,1H3;3-4H,2H2,1H3;1-2H3. The van der Waals surface area contributed by atoms with Gasteiger partial charge in [-0.3, -0.25) is 5.32 Å². The van der Waals surface area contributed by atoms with Crippen molar-refractivity contribution >= 4 is 6.29 Å². The molecule has 0 aliphatic heterocycles. The number of rotatable bonds is 2. The van der Waals surface area contributed by atoms with Crippen LogP contribution in [0, 0.1) is 0 Å². The van der Waals surface area contributed by atoms with E-state index in [4.69, 9.17) is 5.11 Å². The van der Waals surface area contributed by atoms with Gasteiger partial charge in [-0.1, -0.05) is 20.8 Å². The molecule has 0 spiro atoms. The topological polar surface area (TPSA) is 49.3 Å². The summed E-state index contributed by atoms with van der Waals surface area (Å²) >= 11 is 0. The van der Waals surface area contributed by atoms with Crippen LogP contribution in [-0.4, -0.2) is 25.2 Å². The Bertz CT molecular complexity index is 38.6. The summed E-state index contributed by atoms with van der Waals surface area (Å²) in [6, 6.07) is 0. The third kappa shape index (κ3) is 130. The summed E-state index contributed by atoms with van der Waals surface area (Å²) < 4.78 is 0. The number of aliphatic hydroxyl groups excluding tert-OH is 1. The normalized spacial score (nSPS) is 6.10. The molecule has 0 rings (SSSR count). The molecule has 0 unspecified atom stereocenters. The SMILES string of the molecule is CC.CCC=O.CNCO. The van der Waals surface area contributed by atoms with Crippen molar-refractivity contribution in [2.75, 3.05) is 13.8 Å². The maximum absolute atomic E-state index is 9.17. The van der Waals surface area contributed by atoms with E-state index in [1.54, 1.807) is 7.05 Å². The highest BCUT2D eigenvalue weighted by molar-refractivity contribution is 5.48. The fourth-order valence-electron chi connectivity index (χ4n) is 0. The first-order chi connectivity index (χ1) is 4.83. The third-order valence-corrected chi connectivity index (χ3v) is 0.325. The van der Waals surface area contributed by atoms with Crippen molar-refractivity contribution in [3.8, 4) is 0 Å². The van der Waals surface area contributed by atoms with Gasteiger partial charge in [-0.2, -0.15) is 0 Å². The first-order valence-corrected chi connectivity index (χ1v) is 3.52. The number of aldehydes is 1. The van der Waals surface area contributed by atoms with E-state index in [2.05, 4.69) is 5.32 Å². The second kappa shape index (κ2) is 38.4. The van der Waals surface area contributed by atoms with E-state index < -0.39 is 0 Å². The van der Waals surface area contributed by atoms with Crippen molar-refractivity contribution in [2.24, 2.45) is 0 Å². The minimum atomic E-state index is 0.0694. The molecule has 0 aromatic rings. The highest BCUT2D eigenvalue weighted by atomic mass is 16.3. The van der Waals surface area contributed by atoms with Gasteiger partial charge >= 0.3 is 0 Å². The Morgan fingerprint density at radius 1 is 1.50 bits per heavy atom. The fraction of sp³-hybridized carbons (Fsp3) is 0.857. The van der Waals surface area contributed by atoms with Crippen LogP contribution < -0.4 is 5.32 Å². The van der Waals surface area contributed by atoms with Gasteiger partial charge < -0.3 is 9.90 Å². The molecule has 0 saturated carbocycles. The molecular formula is C7H19NO2. The molecule has 0 saturated heterocycles. The predicted octanol–water partition coefficient (Wildman–Crippen LogP) is 0.777. The molecule has 0 aliphatic carbocycles. The zero-order valence-corrected chi connectivity index (χ0v) is 7.35. The van der Waals surface area contributed by atoms with Crippen LogP contribution in [-0.2, 0) is 4.79 Å². The molecule has 0 heterocycles. The van der Waals surface area contributed by atoms with E-state index in [-0.39, 0.29) is 6.73 Å².